The van der Waals surface area contributed by atoms with E-state index < -0.39 is 103 Å². The third-order valence-electron chi connectivity index (χ3n) is 11.0. The van der Waals surface area contributed by atoms with E-state index in [2.05, 4.69) is 10.6 Å². The molecule has 3 aromatic carbocycles. The van der Waals surface area contributed by atoms with Crippen LogP contribution in [-0.4, -0.2) is 136 Å². The lowest BCUT2D eigenvalue weighted by Gasteiger charge is -2.39. The molecule has 0 unspecified atom stereocenters. The largest absolute Gasteiger partial charge is 0.460 e. The van der Waals surface area contributed by atoms with Crippen LogP contribution < -0.4 is 10.6 Å². The molecule has 0 aromatic heterocycles. The van der Waals surface area contributed by atoms with Crippen molar-refractivity contribution in [1.82, 2.24) is 10.6 Å². The molecular weight excluding hydrogens is 845 g/mol. The van der Waals surface area contributed by atoms with Gasteiger partial charge in [0.15, 0.2) is 6.29 Å². The van der Waals surface area contributed by atoms with Crippen LogP contribution in [0.2, 0.25) is 0 Å². The van der Waals surface area contributed by atoms with Crippen LogP contribution in [0.5, 0.6) is 0 Å². The normalized spacial score (nSPS) is 25.5. The van der Waals surface area contributed by atoms with Crippen molar-refractivity contribution in [2.24, 2.45) is 0 Å². The smallest absolute Gasteiger partial charge is 0.339 e. The van der Waals surface area contributed by atoms with Gasteiger partial charge in [0.05, 0.1) is 31.4 Å². The Hall–Kier alpha value is -5.34. The summed E-state index contributed by atoms with van der Waals surface area (Å²) >= 11 is 0. The number of ether oxygens (including phenoxy) is 6. The first kappa shape index (κ1) is 49.1. The van der Waals surface area contributed by atoms with Crippen molar-refractivity contribution in [3.63, 3.8) is 0 Å². The van der Waals surface area contributed by atoms with Gasteiger partial charge in [-0.05, 0) is 44.9 Å². The first-order valence-corrected chi connectivity index (χ1v) is 21.6. The van der Waals surface area contributed by atoms with Crippen LogP contribution in [0.4, 0.5) is 0 Å². The van der Waals surface area contributed by atoms with E-state index in [0.717, 1.165) is 0 Å². The van der Waals surface area contributed by atoms with Crippen LogP contribution in [0, 0.1) is 0 Å². The van der Waals surface area contributed by atoms with Crippen LogP contribution in [0.3, 0.4) is 0 Å². The molecule has 0 spiro atoms. The summed E-state index contributed by atoms with van der Waals surface area (Å²) in [6, 6.07) is 24.5. The number of fused-ring (bicyclic) bond motifs is 1. The number of hydrogen-bond donors (Lipinski definition) is 7. The highest BCUT2D eigenvalue weighted by atomic mass is 16.8. The van der Waals surface area contributed by atoms with E-state index in [1.165, 1.54) is 0 Å². The predicted molar refractivity (Wildman–Crippen MR) is 232 cm³/mol. The van der Waals surface area contributed by atoms with Crippen molar-refractivity contribution in [1.29, 1.82) is 0 Å². The van der Waals surface area contributed by atoms with Gasteiger partial charge >= 0.3 is 11.9 Å². The highest BCUT2D eigenvalue weighted by Crippen LogP contribution is 2.47. The van der Waals surface area contributed by atoms with Gasteiger partial charge in [-0.3, -0.25) is 14.4 Å². The van der Waals surface area contributed by atoms with Crippen LogP contribution in [0.15, 0.2) is 103 Å². The van der Waals surface area contributed by atoms with Crippen LogP contribution in [0.1, 0.15) is 73.5 Å². The summed E-state index contributed by atoms with van der Waals surface area (Å²) in [4.78, 5) is 53.0. The predicted octanol–water partition coefficient (Wildman–Crippen LogP) is 2.16. The topological polar surface area (TPSA) is 249 Å². The van der Waals surface area contributed by atoms with E-state index in [9.17, 15) is 44.7 Å². The second-order valence-corrected chi connectivity index (χ2v) is 17.0. The molecule has 7 N–H and O–H groups in total. The molecular formula is C48H58N2O15. The molecule has 3 aliphatic rings. The van der Waals surface area contributed by atoms with E-state index >= 15 is 0 Å². The fourth-order valence-corrected chi connectivity index (χ4v) is 7.75. The number of nitrogens with one attached hydrogen (secondary N) is 2. The lowest BCUT2D eigenvalue weighted by Crippen LogP contribution is -2.59. The minimum absolute atomic E-state index is 0.00501. The Bertz CT molecular complexity index is 2100. The number of carbonyl (C=O) groups excluding carboxylic acids is 4. The summed E-state index contributed by atoms with van der Waals surface area (Å²) in [6.45, 7) is 4.02. The maximum atomic E-state index is 14.1. The molecule has 1 aliphatic carbocycles. The monoisotopic (exact) mass is 902 g/mol. The second kappa shape index (κ2) is 22.2. The Morgan fingerprint density at radius 3 is 2.17 bits per heavy atom. The average molecular weight is 903 g/mol. The Kier molecular flexibility index (Phi) is 16.8. The van der Waals surface area contributed by atoms with Crippen molar-refractivity contribution >= 4 is 29.8 Å². The minimum Gasteiger partial charge on any atom is -0.460 e. The lowest BCUT2D eigenvalue weighted by molar-refractivity contribution is -0.298. The third-order valence-corrected chi connectivity index (χ3v) is 11.0. The lowest BCUT2D eigenvalue weighted by atomic mass is 9.91. The molecule has 2 saturated heterocycles. The van der Waals surface area contributed by atoms with E-state index in [0.29, 0.717) is 16.7 Å². The second-order valence-electron chi connectivity index (χ2n) is 17.0. The van der Waals surface area contributed by atoms with Crippen molar-refractivity contribution < 1.29 is 73.1 Å². The molecule has 3 aromatic rings. The molecule has 2 heterocycles. The molecule has 17 nitrogen and oxygen atoms in total. The van der Waals surface area contributed by atoms with E-state index in [1.807, 2.05) is 60.7 Å². The molecule has 0 radical (unpaired) electrons. The molecule has 2 aliphatic heterocycles. The van der Waals surface area contributed by atoms with Gasteiger partial charge in [0.1, 0.15) is 48.3 Å². The number of rotatable bonds is 18. The summed E-state index contributed by atoms with van der Waals surface area (Å²) in [5.41, 5.74) is 1.51. The summed E-state index contributed by atoms with van der Waals surface area (Å²) < 4.78 is 36.1. The maximum Gasteiger partial charge on any atom is 0.339 e. The Labute approximate surface area is 376 Å². The van der Waals surface area contributed by atoms with Crippen LogP contribution in [-0.2, 0) is 48.6 Å². The van der Waals surface area contributed by atoms with Crippen molar-refractivity contribution in [2.45, 2.75) is 113 Å². The first-order valence-electron chi connectivity index (χ1n) is 21.6. The van der Waals surface area contributed by atoms with Crippen molar-refractivity contribution in [2.75, 3.05) is 26.4 Å². The summed E-state index contributed by atoms with van der Waals surface area (Å²) in [5, 5.41) is 55.3. The zero-order valence-corrected chi connectivity index (χ0v) is 36.5. The molecule has 350 valence electrons. The molecule has 0 bridgehead atoms. The number of esters is 2. The van der Waals surface area contributed by atoms with Gasteiger partial charge in [-0.1, -0.05) is 91.0 Å². The number of carbonyl (C=O) groups is 4. The summed E-state index contributed by atoms with van der Waals surface area (Å²) in [6.07, 6.45) is -5.28. The van der Waals surface area contributed by atoms with Gasteiger partial charge in [0, 0.05) is 42.5 Å². The molecule has 9 atom stereocenters. The van der Waals surface area contributed by atoms with E-state index in [1.54, 1.807) is 63.3 Å². The molecule has 17 heteroatoms. The molecule has 2 fully saturated rings. The third kappa shape index (κ3) is 12.5. The molecule has 0 saturated carbocycles. The van der Waals surface area contributed by atoms with Gasteiger partial charge in [-0.2, -0.15) is 0 Å². The zero-order valence-electron chi connectivity index (χ0n) is 36.5. The summed E-state index contributed by atoms with van der Waals surface area (Å²) in [5.74, 6) is -3.60. The Morgan fingerprint density at radius 1 is 0.862 bits per heavy atom. The average Bonchev–Trinajstić information content (AvgIpc) is 3.70. The van der Waals surface area contributed by atoms with E-state index in [4.69, 9.17) is 28.4 Å². The van der Waals surface area contributed by atoms with Gasteiger partial charge < -0.3 is 64.6 Å². The molecule has 65 heavy (non-hydrogen) atoms. The number of aliphatic hydroxyl groups excluding tert-OH is 5. The Morgan fingerprint density at radius 2 is 1.52 bits per heavy atom. The number of amides is 2. The fraction of sp³-hybridized carbons (Fsp3) is 0.458. The number of benzene rings is 3. The number of hydrogen-bond acceptors (Lipinski definition) is 15. The standard InChI is InChI=1S/C48H58N2O15/c1-47(2,3)64-39(54)21-20-33(27-51)50-38(53)22-23-49-44(58)30-25-35(43-36(26-30)63-48(65-43,31-15-6-4-7-16-31)32-17-8-5-9-18-32)61-45(59)34-19-11-10-13-29(34)14-12-24-60-46-42(57)41(56)40(55)37(28-52)62-46/h4-19,26,33,35-37,40-43,46,51-52,55-57H,20-25,27-28H2,1-3H3,(H,49,58)(H,50,53)/t33-,35+,36+,37+,40-,41-,42+,43-,46-/m0/s1. The molecule has 2 amide bonds. The highest BCUT2D eigenvalue weighted by Gasteiger charge is 2.55. The van der Waals surface area contributed by atoms with Crippen LogP contribution >= 0.6 is 0 Å². The quantitative estimate of drug-likeness (QED) is 0.0905. The first-order chi connectivity index (χ1) is 31.1. The van der Waals surface area contributed by atoms with E-state index in [-0.39, 0.29) is 50.0 Å². The summed E-state index contributed by atoms with van der Waals surface area (Å²) in [7, 11) is 0. The molecule has 6 rings (SSSR count). The van der Waals surface area contributed by atoms with Gasteiger partial charge in [0.2, 0.25) is 17.6 Å². The van der Waals surface area contributed by atoms with Crippen molar-refractivity contribution in [3.05, 3.63) is 125 Å². The SMILES string of the molecule is CC(C)(C)OC(=O)CC[C@@H](CO)NC(=O)CCNC(=O)C1=C[C@H]2OC(c3ccccc3)(c3ccccc3)O[C@H]2[C@H](OC(=O)c2ccccc2C=CCO[C@H]2O[C@H](CO)[C@H](O)[C@H](O)[C@H]2O)C1. The van der Waals surface area contributed by atoms with Gasteiger partial charge in [-0.15, -0.1) is 0 Å². The maximum absolute atomic E-state index is 14.1. The Balaban J connectivity index is 1.16. The van der Waals surface area contributed by atoms with Gasteiger partial charge in [0.25, 0.3) is 0 Å². The van der Waals surface area contributed by atoms with Crippen molar-refractivity contribution in [3.8, 4) is 0 Å². The highest BCUT2D eigenvalue weighted by molar-refractivity contribution is 5.95. The van der Waals surface area contributed by atoms with Gasteiger partial charge in [-0.25, -0.2) is 4.79 Å². The number of aliphatic hydroxyl groups is 5. The van der Waals surface area contributed by atoms with Crippen LogP contribution in [0.25, 0.3) is 6.08 Å². The zero-order chi connectivity index (χ0) is 46.7. The minimum atomic E-state index is -1.60. The fourth-order valence-electron chi connectivity index (χ4n) is 7.75.